The zero-order valence-corrected chi connectivity index (χ0v) is 14.0. The SMILES string of the molecule is Cc1c(Cl)cccc1Nc1nc(Cl)nc2cc(Br)cnc12. The molecule has 0 aliphatic heterocycles. The molecule has 0 atom stereocenters. The van der Waals surface area contributed by atoms with E-state index < -0.39 is 0 Å². The molecule has 0 spiro atoms. The van der Waals surface area contributed by atoms with Gasteiger partial charge in [-0.25, -0.2) is 9.97 Å². The molecule has 1 N–H and O–H groups in total. The van der Waals surface area contributed by atoms with Crippen LogP contribution in [0.4, 0.5) is 11.5 Å². The molecule has 0 bridgehead atoms. The second kappa shape index (κ2) is 5.75. The third-order valence-electron chi connectivity index (χ3n) is 3.00. The summed E-state index contributed by atoms with van der Waals surface area (Å²) in [6.45, 7) is 1.93. The van der Waals surface area contributed by atoms with Crippen molar-refractivity contribution < 1.29 is 0 Å². The Kier molecular flexibility index (Phi) is 3.97. The molecule has 0 saturated heterocycles. The summed E-state index contributed by atoms with van der Waals surface area (Å²) in [7, 11) is 0. The highest BCUT2D eigenvalue weighted by molar-refractivity contribution is 9.10. The Hall–Kier alpha value is -1.43. The van der Waals surface area contributed by atoms with E-state index in [4.69, 9.17) is 23.2 Å². The van der Waals surface area contributed by atoms with Gasteiger partial charge in [0.1, 0.15) is 5.52 Å². The first kappa shape index (κ1) is 14.5. The lowest BCUT2D eigenvalue weighted by molar-refractivity contribution is 1.19. The molecule has 0 aliphatic rings. The summed E-state index contributed by atoms with van der Waals surface area (Å²) in [6.07, 6.45) is 1.69. The number of benzene rings is 1. The Balaban J connectivity index is 2.14. The van der Waals surface area contributed by atoms with Crippen LogP contribution in [-0.2, 0) is 0 Å². The van der Waals surface area contributed by atoms with Crippen LogP contribution in [0.1, 0.15) is 5.56 Å². The van der Waals surface area contributed by atoms with E-state index in [0.29, 0.717) is 21.9 Å². The van der Waals surface area contributed by atoms with Crippen LogP contribution in [0.15, 0.2) is 34.9 Å². The third-order valence-corrected chi connectivity index (χ3v) is 4.01. The summed E-state index contributed by atoms with van der Waals surface area (Å²) in [4.78, 5) is 12.7. The second-order valence-corrected chi connectivity index (χ2v) is 6.06. The molecule has 3 rings (SSSR count). The van der Waals surface area contributed by atoms with Gasteiger partial charge in [0.2, 0.25) is 5.28 Å². The molecule has 0 saturated carbocycles. The molecule has 0 aliphatic carbocycles. The van der Waals surface area contributed by atoms with Crippen molar-refractivity contribution in [3.05, 3.63) is 50.8 Å². The molecule has 4 nitrogen and oxygen atoms in total. The lowest BCUT2D eigenvalue weighted by Gasteiger charge is -2.11. The molecule has 7 heteroatoms. The molecule has 0 radical (unpaired) electrons. The summed E-state index contributed by atoms with van der Waals surface area (Å²) in [6, 6.07) is 7.46. The van der Waals surface area contributed by atoms with Gasteiger partial charge in [-0.2, -0.15) is 4.98 Å². The van der Waals surface area contributed by atoms with Crippen LogP contribution in [-0.4, -0.2) is 15.0 Å². The fourth-order valence-electron chi connectivity index (χ4n) is 1.92. The zero-order valence-electron chi connectivity index (χ0n) is 10.9. The van der Waals surface area contributed by atoms with Crippen LogP contribution in [0.25, 0.3) is 11.0 Å². The minimum absolute atomic E-state index is 0.157. The summed E-state index contributed by atoms with van der Waals surface area (Å²) in [5, 5.41) is 4.06. The van der Waals surface area contributed by atoms with Crippen LogP contribution < -0.4 is 5.32 Å². The number of anilines is 2. The molecular formula is C14H9BrCl2N4. The lowest BCUT2D eigenvalue weighted by Crippen LogP contribution is -2.00. The number of halogens is 3. The highest BCUT2D eigenvalue weighted by Crippen LogP contribution is 2.29. The molecule has 0 amide bonds. The van der Waals surface area contributed by atoms with Crippen molar-refractivity contribution in [1.82, 2.24) is 15.0 Å². The number of rotatable bonds is 2. The van der Waals surface area contributed by atoms with Gasteiger partial charge < -0.3 is 5.32 Å². The summed E-state index contributed by atoms with van der Waals surface area (Å²) >= 11 is 15.5. The summed E-state index contributed by atoms with van der Waals surface area (Å²) in [5.41, 5.74) is 3.08. The van der Waals surface area contributed by atoms with Crippen molar-refractivity contribution in [2.24, 2.45) is 0 Å². The fourth-order valence-corrected chi connectivity index (χ4v) is 2.59. The monoisotopic (exact) mass is 382 g/mol. The maximum atomic E-state index is 6.13. The fraction of sp³-hybridized carbons (Fsp3) is 0.0714. The van der Waals surface area contributed by atoms with E-state index in [-0.39, 0.29) is 5.28 Å². The number of pyridine rings is 1. The van der Waals surface area contributed by atoms with Crippen LogP contribution in [0, 0.1) is 6.92 Å². The van der Waals surface area contributed by atoms with Gasteiger partial charge >= 0.3 is 0 Å². The molecule has 21 heavy (non-hydrogen) atoms. The smallest absolute Gasteiger partial charge is 0.225 e. The van der Waals surface area contributed by atoms with Gasteiger partial charge in [-0.1, -0.05) is 17.7 Å². The van der Waals surface area contributed by atoms with Crippen molar-refractivity contribution in [2.75, 3.05) is 5.32 Å². The molecule has 106 valence electrons. The Labute approximate surface area is 139 Å². The van der Waals surface area contributed by atoms with E-state index in [0.717, 1.165) is 15.7 Å². The number of fused-ring (bicyclic) bond motifs is 1. The summed E-state index contributed by atoms with van der Waals surface area (Å²) < 4.78 is 0.828. The van der Waals surface area contributed by atoms with Crippen molar-refractivity contribution in [1.29, 1.82) is 0 Å². The first-order valence-electron chi connectivity index (χ1n) is 6.05. The van der Waals surface area contributed by atoms with Crippen LogP contribution >= 0.6 is 39.1 Å². The highest BCUT2D eigenvalue weighted by atomic mass is 79.9. The maximum absolute atomic E-state index is 6.13. The molecular weight excluding hydrogens is 375 g/mol. The largest absolute Gasteiger partial charge is 0.338 e. The molecule has 0 fully saturated rings. The predicted molar refractivity (Wildman–Crippen MR) is 89.5 cm³/mol. The van der Waals surface area contributed by atoms with E-state index >= 15 is 0 Å². The van der Waals surface area contributed by atoms with E-state index in [2.05, 4.69) is 36.2 Å². The second-order valence-electron chi connectivity index (χ2n) is 4.40. The average Bonchev–Trinajstić information content (AvgIpc) is 2.43. The van der Waals surface area contributed by atoms with Gasteiger partial charge in [0, 0.05) is 21.4 Å². The van der Waals surface area contributed by atoms with Gasteiger partial charge in [-0.3, -0.25) is 0 Å². The predicted octanol–water partition coefficient (Wildman–Crippen LogP) is 5.15. The Morgan fingerprint density at radius 1 is 1.19 bits per heavy atom. The van der Waals surface area contributed by atoms with Gasteiger partial charge in [-0.05, 0) is 58.2 Å². The molecule has 3 aromatic rings. The standard InChI is InChI=1S/C14H9BrCl2N4/c1-7-9(16)3-2-4-10(7)19-13-12-11(20-14(17)21-13)5-8(15)6-18-12/h2-6H,1H3,(H,19,20,21). The normalized spacial score (nSPS) is 10.9. The van der Waals surface area contributed by atoms with Gasteiger partial charge in [0.15, 0.2) is 5.82 Å². The van der Waals surface area contributed by atoms with Crippen molar-refractivity contribution >= 4 is 61.7 Å². The zero-order chi connectivity index (χ0) is 15.0. The van der Waals surface area contributed by atoms with E-state index in [1.807, 2.05) is 31.2 Å². The Bertz CT molecular complexity index is 833. The van der Waals surface area contributed by atoms with Gasteiger partial charge in [0.25, 0.3) is 0 Å². The number of hydrogen-bond acceptors (Lipinski definition) is 4. The van der Waals surface area contributed by atoms with Crippen molar-refractivity contribution in [3.8, 4) is 0 Å². The van der Waals surface area contributed by atoms with E-state index in [1.54, 1.807) is 6.20 Å². The van der Waals surface area contributed by atoms with Crippen molar-refractivity contribution in [2.45, 2.75) is 6.92 Å². The van der Waals surface area contributed by atoms with E-state index in [1.165, 1.54) is 0 Å². The van der Waals surface area contributed by atoms with Crippen LogP contribution in [0.3, 0.4) is 0 Å². The van der Waals surface area contributed by atoms with Crippen molar-refractivity contribution in [3.63, 3.8) is 0 Å². The third kappa shape index (κ3) is 2.95. The number of aromatic nitrogens is 3. The first-order chi connectivity index (χ1) is 10.0. The van der Waals surface area contributed by atoms with Gasteiger partial charge in [0.05, 0.1) is 5.52 Å². The topological polar surface area (TPSA) is 50.7 Å². The average molecular weight is 384 g/mol. The maximum Gasteiger partial charge on any atom is 0.225 e. The van der Waals surface area contributed by atoms with Gasteiger partial charge in [-0.15, -0.1) is 0 Å². The van der Waals surface area contributed by atoms with Crippen LogP contribution in [0.5, 0.6) is 0 Å². The number of nitrogens with zero attached hydrogens (tertiary/aromatic N) is 3. The van der Waals surface area contributed by atoms with Crippen LogP contribution in [0.2, 0.25) is 10.3 Å². The molecule has 2 aromatic heterocycles. The minimum Gasteiger partial charge on any atom is -0.338 e. The lowest BCUT2D eigenvalue weighted by atomic mass is 10.2. The Morgan fingerprint density at radius 2 is 2.00 bits per heavy atom. The minimum atomic E-state index is 0.157. The highest BCUT2D eigenvalue weighted by Gasteiger charge is 2.11. The van der Waals surface area contributed by atoms with E-state index in [9.17, 15) is 0 Å². The molecule has 2 heterocycles. The molecule has 1 aromatic carbocycles. The summed E-state index contributed by atoms with van der Waals surface area (Å²) in [5.74, 6) is 0.544. The molecule has 0 unspecified atom stereocenters. The quantitative estimate of drug-likeness (QED) is 0.622. The first-order valence-corrected chi connectivity index (χ1v) is 7.60. The number of nitrogens with one attached hydrogen (secondary N) is 1. The number of hydrogen-bond donors (Lipinski definition) is 1. The Morgan fingerprint density at radius 3 is 2.81 bits per heavy atom.